The lowest BCUT2D eigenvalue weighted by Gasteiger charge is -2.38. The Labute approximate surface area is 213 Å². The molecule has 8 heteroatoms. The van der Waals surface area contributed by atoms with E-state index in [0.29, 0.717) is 24.6 Å². The van der Waals surface area contributed by atoms with Crippen molar-refractivity contribution in [2.24, 2.45) is 5.92 Å². The van der Waals surface area contributed by atoms with Gasteiger partial charge in [0.1, 0.15) is 11.5 Å². The Morgan fingerprint density at radius 1 is 1.11 bits per heavy atom. The van der Waals surface area contributed by atoms with E-state index in [1.807, 2.05) is 16.8 Å². The summed E-state index contributed by atoms with van der Waals surface area (Å²) in [7, 11) is 2.16. The van der Waals surface area contributed by atoms with Crippen molar-refractivity contribution in [1.82, 2.24) is 25.0 Å². The zero-order valence-corrected chi connectivity index (χ0v) is 21.2. The number of fused-ring (bicyclic) bond motifs is 1. The molecule has 1 aromatic carbocycles. The first-order valence-electron chi connectivity index (χ1n) is 13.4. The lowest BCUT2D eigenvalue weighted by molar-refractivity contribution is -0.123. The van der Waals surface area contributed by atoms with Crippen LogP contribution < -0.4 is 10.6 Å². The highest BCUT2D eigenvalue weighted by Gasteiger charge is 2.31. The summed E-state index contributed by atoms with van der Waals surface area (Å²) in [6.45, 7) is 5.53. The number of benzene rings is 1. The summed E-state index contributed by atoms with van der Waals surface area (Å²) in [5, 5.41) is 6.34. The van der Waals surface area contributed by atoms with Crippen molar-refractivity contribution in [1.29, 1.82) is 0 Å². The standard InChI is InChI=1S/C28H38FN5O2/c1-32-10-12-33(13-11-32)19-25(20-6-3-2-4-7-20)31-27(35)16-24-17-30-28(36)26-15-22(18-34(24)26)21-8-5-9-23(29)14-21/h5,8-9,14-15,18,20,24-25H,2-4,6-7,10-13,16-17,19H2,1H3,(H,30,36)(H,31,35)/t24-,25+/m0/s1. The second-order valence-electron chi connectivity index (χ2n) is 10.8. The number of halogens is 1. The van der Waals surface area contributed by atoms with Gasteiger partial charge in [0, 0.05) is 63.5 Å². The quantitative estimate of drug-likeness (QED) is 0.619. The van der Waals surface area contributed by atoms with E-state index in [1.165, 1.54) is 44.2 Å². The fourth-order valence-electron chi connectivity index (χ4n) is 6.00. The maximum Gasteiger partial charge on any atom is 0.268 e. The average molecular weight is 496 g/mol. The summed E-state index contributed by atoms with van der Waals surface area (Å²) in [6.07, 6.45) is 8.31. The van der Waals surface area contributed by atoms with Gasteiger partial charge in [-0.2, -0.15) is 0 Å². The summed E-state index contributed by atoms with van der Waals surface area (Å²) in [5.74, 6) is 0.0820. The van der Waals surface area contributed by atoms with Gasteiger partial charge < -0.3 is 20.1 Å². The molecule has 5 rings (SSSR count). The molecule has 0 radical (unpaired) electrons. The molecular formula is C28H38FN5O2. The first-order valence-corrected chi connectivity index (χ1v) is 13.4. The number of rotatable bonds is 7. The summed E-state index contributed by atoms with van der Waals surface area (Å²) in [4.78, 5) is 30.8. The minimum Gasteiger partial charge on any atom is -0.352 e. The molecule has 0 bridgehead atoms. The third-order valence-corrected chi connectivity index (χ3v) is 8.17. The zero-order valence-electron chi connectivity index (χ0n) is 21.2. The number of nitrogens with one attached hydrogen (secondary N) is 2. The molecule has 0 unspecified atom stereocenters. The van der Waals surface area contributed by atoms with Gasteiger partial charge in [-0.3, -0.25) is 14.5 Å². The molecule has 2 fully saturated rings. The van der Waals surface area contributed by atoms with Gasteiger partial charge >= 0.3 is 0 Å². The normalized spacial score (nSPS) is 22.6. The summed E-state index contributed by atoms with van der Waals surface area (Å²) in [5.41, 5.74) is 2.01. The van der Waals surface area contributed by atoms with E-state index < -0.39 is 0 Å². The van der Waals surface area contributed by atoms with Crippen molar-refractivity contribution >= 4 is 11.8 Å². The van der Waals surface area contributed by atoms with Gasteiger partial charge in [-0.15, -0.1) is 0 Å². The predicted molar refractivity (Wildman–Crippen MR) is 138 cm³/mol. The molecule has 1 aromatic heterocycles. The van der Waals surface area contributed by atoms with Crippen LogP contribution in [0.25, 0.3) is 11.1 Å². The number of carbonyl (C=O) groups is 2. The van der Waals surface area contributed by atoms with Crippen LogP contribution in [0.4, 0.5) is 4.39 Å². The summed E-state index contributed by atoms with van der Waals surface area (Å²) in [6, 6.07) is 8.14. The number of hydrogen-bond donors (Lipinski definition) is 2. The van der Waals surface area contributed by atoms with Crippen molar-refractivity contribution < 1.29 is 14.0 Å². The Morgan fingerprint density at radius 2 is 1.89 bits per heavy atom. The minimum atomic E-state index is -0.314. The van der Waals surface area contributed by atoms with E-state index in [0.717, 1.165) is 43.9 Å². The van der Waals surface area contributed by atoms with E-state index in [-0.39, 0.29) is 29.7 Å². The Morgan fingerprint density at radius 3 is 2.64 bits per heavy atom. The van der Waals surface area contributed by atoms with Gasteiger partial charge in [-0.05, 0) is 49.6 Å². The molecule has 7 nitrogen and oxygen atoms in total. The Bertz CT molecular complexity index is 1070. The van der Waals surface area contributed by atoms with Crippen LogP contribution in [0.3, 0.4) is 0 Å². The largest absolute Gasteiger partial charge is 0.352 e. The van der Waals surface area contributed by atoms with Crippen LogP contribution in [-0.2, 0) is 4.79 Å². The molecule has 1 saturated carbocycles. The van der Waals surface area contributed by atoms with Crippen LogP contribution in [0.1, 0.15) is 55.1 Å². The SMILES string of the molecule is CN1CCN(C[C@@H](NC(=O)C[C@H]2CNC(=O)c3cc(-c4cccc(F)c4)cn32)C2CCCCC2)CC1. The molecule has 2 aromatic rings. The van der Waals surface area contributed by atoms with Crippen LogP contribution in [0.5, 0.6) is 0 Å². The van der Waals surface area contributed by atoms with E-state index >= 15 is 0 Å². The number of likely N-dealkylation sites (N-methyl/N-ethyl adjacent to an activating group) is 1. The maximum absolute atomic E-state index is 13.8. The molecule has 3 heterocycles. The fourth-order valence-corrected chi connectivity index (χ4v) is 6.00. The molecular weight excluding hydrogens is 457 g/mol. The maximum atomic E-state index is 13.8. The van der Waals surface area contributed by atoms with Crippen LogP contribution in [0, 0.1) is 11.7 Å². The van der Waals surface area contributed by atoms with Crippen molar-refractivity contribution in [2.45, 2.75) is 50.6 Å². The van der Waals surface area contributed by atoms with Crippen molar-refractivity contribution in [3.63, 3.8) is 0 Å². The highest BCUT2D eigenvalue weighted by Crippen LogP contribution is 2.30. The van der Waals surface area contributed by atoms with Gasteiger partial charge in [0.15, 0.2) is 0 Å². The van der Waals surface area contributed by atoms with Crippen LogP contribution >= 0.6 is 0 Å². The number of piperazine rings is 1. The van der Waals surface area contributed by atoms with Crippen molar-refractivity contribution in [3.05, 3.63) is 48.0 Å². The molecule has 194 valence electrons. The molecule has 36 heavy (non-hydrogen) atoms. The third kappa shape index (κ3) is 5.81. The first kappa shape index (κ1) is 25.0. The second kappa shape index (κ2) is 11.1. The van der Waals surface area contributed by atoms with Crippen molar-refractivity contribution in [2.75, 3.05) is 46.3 Å². The van der Waals surface area contributed by atoms with Crippen LogP contribution in [0.15, 0.2) is 36.5 Å². The molecule has 2 N–H and O–H groups in total. The van der Waals surface area contributed by atoms with E-state index in [2.05, 4.69) is 27.5 Å². The highest BCUT2D eigenvalue weighted by molar-refractivity contribution is 5.95. The minimum absolute atomic E-state index is 0.0350. The van der Waals surface area contributed by atoms with Gasteiger partial charge in [0.05, 0.1) is 6.04 Å². The molecule has 1 saturated heterocycles. The third-order valence-electron chi connectivity index (χ3n) is 8.17. The van der Waals surface area contributed by atoms with Gasteiger partial charge in [-0.25, -0.2) is 4.39 Å². The number of amides is 2. The predicted octanol–water partition coefficient (Wildman–Crippen LogP) is 3.28. The van der Waals surface area contributed by atoms with E-state index in [4.69, 9.17) is 0 Å². The Kier molecular flexibility index (Phi) is 7.72. The van der Waals surface area contributed by atoms with Crippen LogP contribution in [-0.4, -0.2) is 78.5 Å². The summed E-state index contributed by atoms with van der Waals surface area (Å²) < 4.78 is 15.7. The Balaban J connectivity index is 1.28. The van der Waals surface area contributed by atoms with Gasteiger partial charge in [0.25, 0.3) is 5.91 Å². The van der Waals surface area contributed by atoms with Crippen molar-refractivity contribution in [3.8, 4) is 11.1 Å². The molecule has 3 aliphatic rings. The van der Waals surface area contributed by atoms with E-state index in [1.54, 1.807) is 12.1 Å². The summed E-state index contributed by atoms with van der Waals surface area (Å²) >= 11 is 0. The van der Waals surface area contributed by atoms with Crippen LogP contribution in [0.2, 0.25) is 0 Å². The second-order valence-corrected chi connectivity index (χ2v) is 10.8. The molecule has 2 aliphatic heterocycles. The van der Waals surface area contributed by atoms with Gasteiger partial charge in [0.2, 0.25) is 5.91 Å². The average Bonchev–Trinajstić information content (AvgIpc) is 3.34. The smallest absolute Gasteiger partial charge is 0.268 e. The molecule has 2 amide bonds. The molecule has 1 aliphatic carbocycles. The fraction of sp³-hybridized carbons (Fsp3) is 0.571. The topological polar surface area (TPSA) is 69.6 Å². The van der Waals surface area contributed by atoms with E-state index in [9.17, 15) is 14.0 Å². The van der Waals surface area contributed by atoms with Gasteiger partial charge in [-0.1, -0.05) is 31.4 Å². The number of nitrogens with zero attached hydrogens (tertiary/aromatic N) is 3. The lowest BCUT2D eigenvalue weighted by Crippen LogP contribution is -2.53. The molecule has 2 atom stereocenters. The number of carbonyl (C=O) groups excluding carboxylic acids is 2. The monoisotopic (exact) mass is 495 g/mol. The first-order chi connectivity index (χ1) is 17.5. The lowest BCUT2D eigenvalue weighted by atomic mass is 9.83. The Hall–Kier alpha value is -2.71. The highest BCUT2D eigenvalue weighted by atomic mass is 19.1. The zero-order chi connectivity index (χ0) is 25.1. The molecule has 0 spiro atoms. The number of hydrogen-bond acceptors (Lipinski definition) is 4. The number of aromatic nitrogens is 1.